The Labute approximate surface area is 141 Å². The van der Waals surface area contributed by atoms with Gasteiger partial charge in [0, 0.05) is 18.8 Å². The Bertz CT molecular complexity index is 749. The molecule has 0 saturated carbocycles. The smallest absolute Gasteiger partial charge is 0.313 e. The Kier molecular flexibility index (Phi) is 4.81. The van der Waals surface area contributed by atoms with Crippen molar-refractivity contribution in [3.05, 3.63) is 42.5 Å². The summed E-state index contributed by atoms with van der Waals surface area (Å²) in [4.78, 5) is 26.1. The number of piperidine rings is 1. The van der Waals surface area contributed by atoms with Gasteiger partial charge in [0.25, 0.3) is 0 Å². The van der Waals surface area contributed by atoms with Gasteiger partial charge in [-0.05, 0) is 48.6 Å². The third kappa shape index (κ3) is 3.57. The van der Waals surface area contributed by atoms with Crippen LogP contribution in [0.3, 0.4) is 0 Å². The molecule has 3 rings (SSSR count). The number of rotatable bonds is 2. The molecule has 5 nitrogen and oxygen atoms in total. The zero-order chi connectivity index (χ0) is 17.1. The first kappa shape index (κ1) is 16.5. The van der Waals surface area contributed by atoms with Gasteiger partial charge < -0.3 is 15.3 Å². The number of nitrogens with zero attached hydrogens (tertiary/aromatic N) is 1. The van der Waals surface area contributed by atoms with E-state index in [0.29, 0.717) is 18.8 Å². The van der Waals surface area contributed by atoms with Crippen LogP contribution in [0.15, 0.2) is 42.5 Å². The summed E-state index contributed by atoms with van der Waals surface area (Å²) in [5.41, 5.74) is 0.617. The molecule has 1 fully saturated rings. The molecule has 2 amide bonds. The first-order chi connectivity index (χ1) is 11.5. The minimum absolute atomic E-state index is 0.206. The molecule has 1 atom stereocenters. The van der Waals surface area contributed by atoms with Crippen molar-refractivity contribution in [2.24, 2.45) is 5.92 Å². The quantitative estimate of drug-likeness (QED) is 0.833. The Morgan fingerprint density at radius 1 is 1.12 bits per heavy atom. The second kappa shape index (κ2) is 7.01. The molecular formula is C19H22N2O3. The van der Waals surface area contributed by atoms with Crippen LogP contribution in [-0.4, -0.2) is 41.0 Å². The number of likely N-dealkylation sites (tertiary alicyclic amines) is 1. The Hall–Kier alpha value is -2.40. The second-order valence-electron chi connectivity index (χ2n) is 6.39. The predicted molar refractivity (Wildman–Crippen MR) is 93.6 cm³/mol. The maximum atomic E-state index is 12.3. The van der Waals surface area contributed by atoms with E-state index >= 15 is 0 Å². The van der Waals surface area contributed by atoms with Crippen LogP contribution in [0.1, 0.15) is 19.8 Å². The normalized spacial score (nSPS) is 16.8. The largest absolute Gasteiger partial charge is 0.393 e. The number of nitrogens with one attached hydrogen (secondary N) is 1. The van der Waals surface area contributed by atoms with Crippen molar-refractivity contribution in [1.29, 1.82) is 0 Å². The fraction of sp³-hybridized carbons (Fsp3) is 0.368. The molecule has 126 valence electrons. The summed E-state index contributed by atoms with van der Waals surface area (Å²) in [6, 6.07) is 13.4. The molecular weight excluding hydrogens is 304 g/mol. The summed E-state index contributed by atoms with van der Waals surface area (Å²) in [6.45, 7) is 2.80. The van der Waals surface area contributed by atoms with Gasteiger partial charge in [-0.25, -0.2) is 0 Å². The summed E-state index contributed by atoms with van der Waals surface area (Å²) in [7, 11) is 0. The zero-order valence-electron chi connectivity index (χ0n) is 13.7. The molecule has 1 saturated heterocycles. The van der Waals surface area contributed by atoms with Gasteiger partial charge in [-0.2, -0.15) is 0 Å². The Morgan fingerprint density at radius 3 is 2.46 bits per heavy atom. The standard InChI is InChI=1S/C19H22N2O3/c1-13(22)14-8-10-21(11-9-14)19(24)18(23)20-17-7-6-15-4-2-3-5-16(15)12-17/h2-7,12-14,22H,8-11H2,1H3,(H,20,23). The van der Waals surface area contributed by atoms with E-state index in [9.17, 15) is 14.7 Å². The number of aliphatic hydroxyl groups is 1. The van der Waals surface area contributed by atoms with E-state index in [1.807, 2.05) is 36.4 Å². The Balaban J connectivity index is 1.62. The molecule has 2 aromatic rings. The summed E-state index contributed by atoms with van der Waals surface area (Å²) in [6.07, 6.45) is 1.09. The van der Waals surface area contributed by atoms with Crippen molar-refractivity contribution in [2.45, 2.75) is 25.9 Å². The van der Waals surface area contributed by atoms with Gasteiger partial charge >= 0.3 is 11.8 Å². The van der Waals surface area contributed by atoms with Crippen molar-refractivity contribution in [3.63, 3.8) is 0 Å². The third-order valence-corrected chi connectivity index (χ3v) is 4.71. The Morgan fingerprint density at radius 2 is 1.79 bits per heavy atom. The molecule has 1 unspecified atom stereocenters. The van der Waals surface area contributed by atoms with Crippen molar-refractivity contribution in [1.82, 2.24) is 4.90 Å². The molecule has 0 bridgehead atoms. The van der Waals surface area contributed by atoms with Gasteiger partial charge in [0.1, 0.15) is 0 Å². The van der Waals surface area contributed by atoms with Gasteiger partial charge in [0.05, 0.1) is 6.10 Å². The molecule has 0 spiro atoms. The first-order valence-electron chi connectivity index (χ1n) is 8.32. The zero-order valence-corrected chi connectivity index (χ0v) is 13.7. The highest BCUT2D eigenvalue weighted by molar-refractivity contribution is 6.39. The first-order valence-corrected chi connectivity index (χ1v) is 8.32. The van der Waals surface area contributed by atoms with Crippen LogP contribution >= 0.6 is 0 Å². The van der Waals surface area contributed by atoms with E-state index in [0.717, 1.165) is 23.6 Å². The van der Waals surface area contributed by atoms with Crippen LogP contribution in [0, 0.1) is 5.92 Å². The molecule has 1 aliphatic heterocycles. The number of amides is 2. The van der Waals surface area contributed by atoms with Gasteiger partial charge in [0.2, 0.25) is 0 Å². The van der Waals surface area contributed by atoms with Gasteiger partial charge in [-0.1, -0.05) is 30.3 Å². The number of benzene rings is 2. The molecule has 5 heteroatoms. The predicted octanol–water partition coefficient (Wildman–Crippen LogP) is 2.40. The van der Waals surface area contributed by atoms with E-state index < -0.39 is 11.8 Å². The number of hydrogen-bond acceptors (Lipinski definition) is 3. The number of hydrogen-bond donors (Lipinski definition) is 2. The van der Waals surface area contributed by atoms with E-state index in [1.165, 1.54) is 0 Å². The van der Waals surface area contributed by atoms with Gasteiger partial charge in [0.15, 0.2) is 0 Å². The lowest BCUT2D eigenvalue weighted by molar-refractivity contribution is -0.144. The van der Waals surface area contributed by atoms with Crippen LogP contribution in [0.5, 0.6) is 0 Å². The highest BCUT2D eigenvalue weighted by Crippen LogP contribution is 2.21. The minimum atomic E-state index is -0.610. The van der Waals surface area contributed by atoms with Crippen molar-refractivity contribution in [2.75, 3.05) is 18.4 Å². The molecule has 1 aliphatic rings. The molecule has 2 aromatic carbocycles. The van der Waals surface area contributed by atoms with E-state index in [2.05, 4.69) is 5.32 Å². The van der Waals surface area contributed by atoms with E-state index in [4.69, 9.17) is 0 Å². The fourth-order valence-electron chi connectivity index (χ4n) is 3.18. The number of carbonyl (C=O) groups excluding carboxylic acids is 2. The highest BCUT2D eigenvalue weighted by Gasteiger charge is 2.28. The summed E-state index contributed by atoms with van der Waals surface area (Å²) in [5, 5.41) is 14.4. The fourth-order valence-corrected chi connectivity index (χ4v) is 3.18. The van der Waals surface area contributed by atoms with Crippen LogP contribution in [0.4, 0.5) is 5.69 Å². The lowest BCUT2D eigenvalue weighted by atomic mass is 9.92. The number of fused-ring (bicyclic) bond motifs is 1. The summed E-state index contributed by atoms with van der Waals surface area (Å²) >= 11 is 0. The molecule has 24 heavy (non-hydrogen) atoms. The van der Waals surface area contributed by atoms with Crippen LogP contribution in [0.2, 0.25) is 0 Å². The third-order valence-electron chi connectivity index (χ3n) is 4.71. The van der Waals surface area contributed by atoms with Gasteiger partial charge in [-0.15, -0.1) is 0 Å². The van der Waals surface area contributed by atoms with Crippen molar-refractivity contribution in [3.8, 4) is 0 Å². The molecule has 0 aromatic heterocycles. The number of aliphatic hydroxyl groups excluding tert-OH is 1. The monoisotopic (exact) mass is 326 g/mol. The summed E-state index contributed by atoms with van der Waals surface area (Å²) < 4.78 is 0. The molecule has 0 aliphatic carbocycles. The van der Waals surface area contributed by atoms with Crippen LogP contribution in [-0.2, 0) is 9.59 Å². The molecule has 0 radical (unpaired) electrons. The summed E-state index contributed by atoms with van der Waals surface area (Å²) in [5.74, 6) is -0.912. The lowest BCUT2D eigenvalue weighted by Crippen LogP contribution is -2.45. The molecule has 2 N–H and O–H groups in total. The van der Waals surface area contributed by atoms with Crippen molar-refractivity contribution < 1.29 is 14.7 Å². The van der Waals surface area contributed by atoms with E-state index in [1.54, 1.807) is 17.9 Å². The van der Waals surface area contributed by atoms with Crippen molar-refractivity contribution >= 4 is 28.3 Å². The maximum absolute atomic E-state index is 12.3. The topological polar surface area (TPSA) is 69.6 Å². The minimum Gasteiger partial charge on any atom is -0.393 e. The average molecular weight is 326 g/mol. The molecule has 1 heterocycles. The highest BCUT2D eigenvalue weighted by atomic mass is 16.3. The van der Waals surface area contributed by atoms with Crippen LogP contribution < -0.4 is 5.32 Å². The average Bonchev–Trinajstić information content (AvgIpc) is 2.61. The maximum Gasteiger partial charge on any atom is 0.313 e. The SMILES string of the molecule is CC(O)C1CCN(C(=O)C(=O)Nc2ccc3ccccc3c2)CC1. The second-order valence-corrected chi connectivity index (χ2v) is 6.39. The van der Waals surface area contributed by atoms with Crippen LogP contribution in [0.25, 0.3) is 10.8 Å². The van der Waals surface area contributed by atoms with Gasteiger partial charge in [-0.3, -0.25) is 9.59 Å². The van der Waals surface area contributed by atoms with E-state index in [-0.39, 0.29) is 12.0 Å². The number of carbonyl (C=O) groups is 2. The number of anilines is 1. The lowest BCUT2D eigenvalue weighted by Gasteiger charge is -2.32.